The van der Waals surface area contributed by atoms with Gasteiger partial charge in [0.25, 0.3) is 0 Å². The molecule has 3 nitrogen and oxygen atoms in total. The van der Waals surface area contributed by atoms with Crippen molar-refractivity contribution < 1.29 is 18.7 Å². The molecular formula is C32H41F2NO2. The van der Waals surface area contributed by atoms with E-state index in [0.717, 1.165) is 31.3 Å². The summed E-state index contributed by atoms with van der Waals surface area (Å²) < 4.78 is 30.4. The first-order chi connectivity index (χ1) is 17.3. The smallest absolute Gasteiger partial charge is 0.182 e. The van der Waals surface area contributed by atoms with Gasteiger partial charge in [-0.1, -0.05) is 18.6 Å². The van der Waals surface area contributed by atoms with Crippen LogP contribution in [0.4, 0.5) is 14.5 Å². The average Bonchev–Trinajstić information content (AvgIpc) is 3.13. The molecule has 4 aliphatic rings. The molecule has 0 saturated heterocycles. The summed E-state index contributed by atoms with van der Waals surface area (Å²) in [6.45, 7) is 8.16. The van der Waals surface area contributed by atoms with Gasteiger partial charge in [-0.3, -0.25) is 4.79 Å². The van der Waals surface area contributed by atoms with Gasteiger partial charge < -0.3 is 10.0 Å². The molecule has 1 N–H and O–H groups in total. The van der Waals surface area contributed by atoms with E-state index in [1.165, 1.54) is 11.1 Å². The molecule has 1 aromatic rings. The molecule has 2 fully saturated rings. The van der Waals surface area contributed by atoms with Crippen molar-refractivity contribution in [2.45, 2.75) is 84.7 Å². The Labute approximate surface area is 221 Å². The summed E-state index contributed by atoms with van der Waals surface area (Å²) >= 11 is 0. The van der Waals surface area contributed by atoms with Crippen LogP contribution in [0.15, 0.2) is 34.9 Å². The van der Waals surface area contributed by atoms with Crippen LogP contribution in [0.1, 0.15) is 84.1 Å². The van der Waals surface area contributed by atoms with E-state index >= 15 is 4.39 Å². The van der Waals surface area contributed by atoms with Crippen LogP contribution in [0, 0.1) is 46.6 Å². The minimum absolute atomic E-state index is 0.0694. The van der Waals surface area contributed by atoms with Crippen molar-refractivity contribution in [3.8, 4) is 12.3 Å². The molecule has 4 aliphatic carbocycles. The van der Waals surface area contributed by atoms with Gasteiger partial charge in [0.15, 0.2) is 17.4 Å². The van der Waals surface area contributed by atoms with Crippen LogP contribution in [0.5, 0.6) is 0 Å². The predicted octanol–water partition coefficient (Wildman–Crippen LogP) is 6.96. The van der Waals surface area contributed by atoms with Crippen LogP contribution in [0.25, 0.3) is 0 Å². The van der Waals surface area contributed by atoms with Crippen molar-refractivity contribution in [2.24, 2.45) is 22.7 Å². The van der Waals surface area contributed by atoms with Gasteiger partial charge in [-0.15, -0.1) is 12.3 Å². The number of carbonyl (C=O) groups is 1. The van der Waals surface area contributed by atoms with Crippen molar-refractivity contribution in [3.63, 3.8) is 0 Å². The maximum Gasteiger partial charge on any atom is 0.182 e. The Kier molecular flexibility index (Phi) is 7.47. The summed E-state index contributed by atoms with van der Waals surface area (Å²) in [7, 11) is 3.41. The number of hydrogen-bond acceptors (Lipinski definition) is 3. The molecule has 0 spiro atoms. The highest BCUT2D eigenvalue weighted by Gasteiger charge is 2.56. The van der Waals surface area contributed by atoms with E-state index in [9.17, 15) is 14.3 Å². The monoisotopic (exact) mass is 509 g/mol. The van der Waals surface area contributed by atoms with Gasteiger partial charge in [0.1, 0.15) is 0 Å². The normalized spacial score (nSPS) is 30.8. The largest absolute Gasteiger partial charge is 0.393 e. The maximum atomic E-state index is 15.5. The molecule has 0 radical (unpaired) electrons. The molecule has 0 bridgehead atoms. The third kappa shape index (κ3) is 5.02. The number of aliphatic hydroxyl groups excluding tert-OH is 1. The average molecular weight is 510 g/mol. The van der Waals surface area contributed by atoms with Gasteiger partial charge in [0.2, 0.25) is 0 Å². The van der Waals surface area contributed by atoms with E-state index < -0.39 is 17.7 Å². The van der Waals surface area contributed by atoms with Crippen molar-refractivity contribution >= 4 is 11.5 Å². The molecule has 0 aliphatic heterocycles. The van der Waals surface area contributed by atoms with Crippen LogP contribution >= 0.6 is 0 Å². The number of nitrogens with zero attached hydrogens (tertiary/aromatic N) is 1. The summed E-state index contributed by atoms with van der Waals surface area (Å²) in [5.74, 6) is 1.53. The van der Waals surface area contributed by atoms with Crippen LogP contribution < -0.4 is 4.90 Å². The molecular weight excluding hydrogens is 468 g/mol. The summed E-state index contributed by atoms with van der Waals surface area (Å²) in [4.78, 5) is 13.6. The molecule has 37 heavy (non-hydrogen) atoms. The third-order valence-electron chi connectivity index (χ3n) is 9.06. The Morgan fingerprint density at radius 2 is 1.76 bits per heavy atom. The molecule has 5 atom stereocenters. The lowest BCUT2D eigenvalue weighted by molar-refractivity contribution is -0.114. The number of anilines is 1. The fourth-order valence-electron chi connectivity index (χ4n) is 7.08. The molecule has 2 saturated carbocycles. The first-order valence-corrected chi connectivity index (χ1v) is 13.6. The summed E-state index contributed by atoms with van der Waals surface area (Å²) in [5, 5.41) is 10.9. The highest BCUT2D eigenvalue weighted by molar-refractivity contribution is 5.93. The Hall–Kier alpha value is -2.45. The van der Waals surface area contributed by atoms with Crippen molar-refractivity contribution in [1.29, 1.82) is 0 Å². The van der Waals surface area contributed by atoms with Crippen LogP contribution in [0.2, 0.25) is 0 Å². The predicted molar refractivity (Wildman–Crippen MR) is 145 cm³/mol. The van der Waals surface area contributed by atoms with Gasteiger partial charge in [-0.25, -0.2) is 8.78 Å². The lowest BCUT2D eigenvalue weighted by atomic mass is 9.53. The second-order valence-corrected chi connectivity index (χ2v) is 12.8. The number of rotatable bonds is 2. The molecule has 0 aromatic heterocycles. The number of aliphatic hydroxyl groups is 1. The zero-order valence-corrected chi connectivity index (χ0v) is 23.1. The first-order valence-electron chi connectivity index (χ1n) is 13.6. The number of benzene rings is 1. The fraction of sp³-hybridized carbons (Fsp3) is 0.594. The second kappa shape index (κ2) is 10.0. The summed E-state index contributed by atoms with van der Waals surface area (Å²) in [6.07, 6.45) is 11.7. The van der Waals surface area contributed by atoms with Crippen LogP contribution in [-0.4, -0.2) is 31.1 Å². The van der Waals surface area contributed by atoms with E-state index in [-0.39, 0.29) is 34.1 Å². The molecule has 0 amide bonds. The third-order valence-corrected chi connectivity index (χ3v) is 9.06. The quantitative estimate of drug-likeness (QED) is 0.438. The van der Waals surface area contributed by atoms with Gasteiger partial charge >= 0.3 is 0 Å². The first kappa shape index (κ1) is 27.6. The zero-order valence-electron chi connectivity index (χ0n) is 23.1. The fourth-order valence-corrected chi connectivity index (χ4v) is 7.08. The molecule has 200 valence electrons. The number of terminal acetylenes is 1. The van der Waals surface area contributed by atoms with E-state index in [1.807, 2.05) is 20.8 Å². The number of carbonyl (C=O) groups excluding carboxylic acids is 1. The lowest BCUT2D eigenvalue weighted by Crippen LogP contribution is -2.45. The SMILES string of the molecule is C#CC(C)(C)C.CN(C)c1ccc(C2CC3(C)C(O)CCC3C3CCC4=CC(=O)CCC4=C23)c(F)c1F. The number of fused-ring (bicyclic) bond motifs is 4. The summed E-state index contributed by atoms with van der Waals surface area (Å²) in [5.41, 5.74) is 3.93. The Balaban J connectivity index is 0.000000480. The van der Waals surface area contributed by atoms with E-state index in [0.29, 0.717) is 30.7 Å². The highest BCUT2D eigenvalue weighted by Crippen LogP contribution is 2.64. The number of hydrogen-bond donors (Lipinski definition) is 1. The Morgan fingerprint density at radius 3 is 2.38 bits per heavy atom. The molecule has 5 rings (SSSR count). The Bertz CT molecular complexity index is 1180. The maximum absolute atomic E-state index is 15.5. The highest BCUT2D eigenvalue weighted by atomic mass is 19.2. The number of allylic oxidation sites excluding steroid dienone is 4. The Morgan fingerprint density at radius 1 is 1.08 bits per heavy atom. The molecule has 1 aromatic carbocycles. The lowest BCUT2D eigenvalue weighted by Gasteiger charge is -2.52. The van der Waals surface area contributed by atoms with Gasteiger partial charge in [-0.05, 0) is 105 Å². The molecule has 5 unspecified atom stereocenters. The van der Waals surface area contributed by atoms with Gasteiger partial charge in [-0.2, -0.15) is 0 Å². The van der Waals surface area contributed by atoms with Crippen LogP contribution in [-0.2, 0) is 4.79 Å². The van der Waals surface area contributed by atoms with E-state index in [1.54, 1.807) is 37.2 Å². The molecule has 0 heterocycles. The molecule has 5 heteroatoms. The number of halogens is 2. The van der Waals surface area contributed by atoms with E-state index in [2.05, 4.69) is 12.8 Å². The van der Waals surface area contributed by atoms with Gasteiger partial charge in [0.05, 0.1) is 11.8 Å². The summed E-state index contributed by atoms with van der Waals surface area (Å²) in [6, 6.07) is 3.40. The second-order valence-electron chi connectivity index (χ2n) is 12.8. The number of ketones is 1. The minimum Gasteiger partial charge on any atom is -0.393 e. The van der Waals surface area contributed by atoms with Crippen molar-refractivity contribution in [3.05, 3.63) is 52.1 Å². The van der Waals surface area contributed by atoms with Gasteiger partial charge in [0, 0.05) is 31.8 Å². The standard InChI is InChI=1S/C26H31F2NO2.C6H10/c1-26-13-19(17-8-10-21(29(2)3)25(28)24(17)27)23-16-7-5-15(30)12-14(16)4-6-18(23)20(26)9-11-22(26)31;1-5-6(2,3)4/h8,10,12,18-20,22,31H,4-7,9,11,13H2,1-3H3;1H,2-4H3. The van der Waals surface area contributed by atoms with E-state index in [4.69, 9.17) is 6.42 Å². The zero-order chi connectivity index (χ0) is 27.3. The van der Waals surface area contributed by atoms with Crippen molar-refractivity contribution in [2.75, 3.05) is 19.0 Å². The topological polar surface area (TPSA) is 40.5 Å². The minimum atomic E-state index is -0.811. The van der Waals surface area contributed by atoms with Crippen LogP contribution in [0.3, 0.4) is 0 Å². The van der Waals surface area contributed by atoms with Crippen molar-refractivity contribution in [1.82, 2.24) is 0 Å².